The van der Waals surface area contributed by atoms with Gasteiger partial charge in [0.25, 0.3) is 0 Å². The van der Waals surface area contributed by atoms with Gasteiger partial charge in [0, 0.05) is 13.6 Å². The van der Waals surface area contributed by atoms with Crippen LogP contribution in [0, 0.1) is 41.3 Å². The molecule has 1 aliphatic heterocycles. The number of hydrogen-bond donors (Lipinski definition) is 0. The Bertz CT molecular complexity index is 714. The predicted octanol–water partition coefficient (Wildman–Crippen LogP) is 5.37. The van der Waals surface area contributed by atoms with E-state index in [-0.39, 0.29) is 0 Å². The van der Waals surface area contributed by atoms with Crippen molar-refractivity contribution in [3.63, 3.8) is 0 Å². The fourth-order valence-corrected chi connectivity index (χ4v) is 3.36. The van der Waals surface area contributed by atoms with E-state index in [0.29, 0.717) is 0 Å². The van der Waals surface area contributed by atoms with E-state index in [2.05, 4.69) is 112 Å². The fraction of sp³-hybridized carbons (Fsp3) is 0.350. The zero-order valence-electron chi connectivity index (χ0n) is 15.1. The Kier molecular flexibility index (Phi) is 6.44. The van der Waals surface area contributed by atoms with E-state index in [1.807, 2.05) is 0 Å². The van der Waals surface area contributed by atoms with Crippen LogP contribution in [0.4, 0.5) is 11.4 Å². The second-order valence-electron chi connectivity index (χ2n) is 6.34. The molecule has 2 aromatic carbocycles. The molecule has 132 valence electrons. The Morgan fingerprint density at radius 2 is 1.29 bits per heavy atom. The molecule has 1 aliphatic rings. The Morgan fingerprint density at radius 1 is 0.833 bits per heavy atom. The third-order valence-corrected chi connectivity index (χ3v) is 5.28. The molecule has 2 radical (unpaired) electrons. The number of anilines is 2. The zero-order valence-corrected chi connectivity index (χ0v) is 17.3. The van der Waals surface area contributed by atoms with Crippen molar-refractivity contribution in [2.75, 3.05) is 16.8 Å². The van der Waals surface area contributed by atoms with Gasteiger partial charge in [-0.25, -0.2) is 0 Å². The summed E-state index contributed by atoms with van der Waals surface area (Å²) in [6, 6.07) is 8.49. The Morgan fingerprint density at radius 3 is 1.83 bits per heavy atom. The van der Waals surface area contributed by atoms with Crippen molar-refractivity contribution in [1.29, 1.82) is 0 Å². The molecule has 0 spiro atoms. The molecule has 0 saturated heterocycles. The number of para-hydroxylation sites is 2. The van der Waals surface area contributed by atoms with Gasteiger partial charge in [-0.2, -0.15) is 0 Å². The van der Waals surface area contributed by atoms with E-state index in [9.17, 15) is 0 Å². The van der Waals surface area contributed by atoms with Crippen LogP contribution in [0.1, 0.15) is 33.4 Å². The van der Waals surface area contributed by atoms with Gasteiger partial charge in [-0.15, -0.1) is 0 Å². The number of benzene rings is 2. The van der Waals surface area contributed by atoms with E-state index in [1.54, 1.807) is 0 Å². The molecule has 4 heteroatoms. The summed E-state index contributed by atoms with van der Waals surface area (Å²) in [6.45, 7) is 15.5. The molecule has 2 aromatic rings. The molecule has 0 aliphatic carbocycles. The Labute approximate surface area is 162 Å². The molecule has 0 saturated carbocycles. The van der Waals surface area contributed by atoms with Crippen molar-refractivity contribution in [2.45, 2.75) is 41.2 Å². The number of hydrogen-bond acceptors (Lipinski definition) is 2. The first-order valence-corrected chi connectivity index (χ1v) is 9.86. The molecule has 3 rings (SSSR count). The monoisotopic (exact) mass is 434 g/mol. The predicted molar refractivity (Wildman–Crippen MR) is 100 cm³/mol. The summed E-state index contributed by atoms with van der Waals surface area (Å²) < 4.78 is 0. The average Bonchev–Trinajstić information content (AvgIpc) is 2.93. The normalized spacial score (nSPS) is 12.9. The second kappa shape index (κ2) is 7.97. The van der Waals surface area contributed by atoms with E-state index >= 15 is 0 Å². The number of halogens is 1. The Hall–Kier alpha value is -0.930. The van der Waals surface area contributed by atoms with Gasteiger partial charge in [0.05, 0.1) is 11.4 Å². The van der Waals surface area contributed by atoms with Gasteiger partial charge < -0.3 is 9.80 Å². The van der Waals surface area contributed by atoms with Gasteiger partial charge in [-0.05, 0) is 80.1 Å². The van der Waals surface area contributed by atoms with E-state index in [0.717, 1.165) is 6.54 Å². The van der Waals surface area contributed by atoms with Gasteiger partial charge in [0.1, 0.15) is 0 Å². The molecule has 0 fully saturated rings. The van der Waals surface area contributed by atoms with Gasteiger partial charge >= 0.3 is 29.2 Å². The first kappa shape index (κ1) is 19.4. The fourth-order valence-electron chi connectivity index (χ4n) is 3.36. The molecular formula is C20H24AgClN2. The first-order valence-electron chi connectivity index (χ1n) is 7.95. The molecule has 2 nitrogen and oxygen atoms in total. The van der Waals surface area contributed by atoms with Crippen LogP contribution in [0.25, 0.3) is 0 Å². The van der Waals surface area contributed by atoms with E-state index < -0.39 is 0 Å². The van der Waals surface area contributed by atoms with Crippen LogP contribution in [0.15, 0.2) is 24.3 Å². The summed E-state index contributed by atoms with van der Waals surface area (Å²) in [5.74, 6) is 0. The van der Waals surface area contributed by atoms with Crippen LogP contribution >= 0.6 is 9.19 Å². The third kappa shape index (κ3) is 3.39. The SMILES string of the molecule is Cc1c(C)c(C)c(CN2[C]N(C)c3ccccc32)c(C)c1C.[Cl][Ag]. The van der Waals surface area contributed by atoms with Crippen LogP contribution < -0.4 is 9.80 Å². The number of fused-ring (bicyclic) bond motifs is 1. The van der Waals surface area contributed by atoms with E-state index in [1.165, 1.54) is 44.8 Å². The summed E-state index contributed by atoms with van der Waals surface area (Å²) in [5, 5.41) is 0. The van der Waals surface area contributed by atoms with Gasteiger partial charge in [-0.3, -0.25) is 0 Å². The van der Waals surface area contributed by atoms with Crippen molar-refractivity contribution >= 4 is 20.6 Å². The Balaban J connectivity index is 0.00000100. The first-order chi connectivity index (χ1) is 11.4. The maximum absolute atomic E-state index is 4.45. The van der Waals surface area contributed by atoms with Crippen LogP contribution in [-0.4, -0.2) is 7.05 Å². The van der Waals surface area contributed by atoms with Crippen molar-refractivity contribution < 1.29 is 20.0 Å². The topological polar surface area (TPSA) is 6.48 Å². The molecule has 1 heterocycles. The molecule has 0 bridgehead atoms. The summed E-state index contributed by atoms with van der Waals surface area (Å²) in [4.78, 5) is 4.31. The van der Waals surface area contributed by atoms with E-state index in [4.69, 9.17) is 0 Å². The van der Waals surface area contributed by atoms with Gasteiger partial charge in [-0.1, -0.05) is 12.1 Å². The van der Waals surface area contributed by atoms with Crippen molar-refractivity contribution in [3.05, 3.63) is 64.3 Å². The van der Waals surface area contributed by atoms with Crippen LogP contribution in [0.3, 0.4) is 0 Å². The van der Waals surface area contributed by atoms with Gasteiger partial charge in [0.15, 0.2) is 0 Å². The molecule has 0 amide bonds. The molecular weight excluding hydrogens is 412 g/mol. The third-order valence-electron chi connectivity index (χ3n) is 5.28. The summed E-state index contributed by atoms with van der Waals surface area (Å²) in [6.07, 6.45) is 0. The maximum atomic E-state index is 4.45. The minimum atomic E-state index is 0.876. The standard InChI is InChI=1S/C20H24N2.Ag.ClH/c1-13-14(2)16(4)18(17(5)15(13)3)11-22-12-21(6)19-9-7-8-10-20(19)22;;/h7-10H,11H2,1-6H3;;1H/q;+1;/p-1. The number of rotatable bonds is 2. The van der Waals surface area contributed by atoms with Crippen LogP contribution in [0.2, 0.25) is 0 Å². The zero-order chi connectivity index (χ0) is 18.0. The number of nitrogens with zero attached hydrogens (tertiary/aromatic N) is 2. The van der Waals surface area contributed by atoms with Crippen molar-refractivity contribution in [1.82, 2.24) is 0 Å². The summed E-state index contributed by atoms with van der Waals surface area (Å²) >= 11 is 2.42. The quantitative estimate of drug-likeness (QED) is 0.585. The second-order valence-corrected chi connectivity index (χ2v) is 6.34. The molecule has 0 N–H and O–H groups in total. The average molecular weight is 436 g/mol. The molecule has 24 heavy (non-hydrogen) atoms. The summed E-state index contributed by atoms with van der Waals surface area (Å²) in [5.41, 5.74) is 11.0. The molecule has 0 atom stereocenters. The van der Waals surface area contributed by atoms with Crippen molar-refractivity contribution in [2.24, 2.45) is 0 Å². The van der Waals surface area contributed by atoms with Crippen LogP contribution in [-0.2, 0) is 26.5 Å². The summed E-state index contributed by atoms with van der Waals surface area (Å²) in [7, 11) is 6.51. The van der Waals surface area contributed by atoms with Crippen LogP contribution in [0.5, 0.6) is 0 Å². The minimum absolute atomic E-state index is 0.876. The molecule has 0 unspecified atom stereocenters. The molecule has 0 aromatic heterocycles. The van der Waals surface area contributed by atoms with Gasteiger partial charge in [0.2, 0.25) is 6.67 Å². The van der Waals surface area contributed by atoms with Crippen molar-refractivity contribution in [3.8, 4) is 0 Å².